The molecule has 108 valence electrons. The van der Waals surface area contributed by atoms with Crippen LogP contribution in [0.2, 0.25) is 0 Å². The minimum atomic E-state index is -2.63. The lowest BCUT2D eigenvalue weighted by atomic mass is 10.1. The van der Waals surface area contributed by atoms with Crippen molar-refractivity contribution in [3.8, 4) is 11.3 Å². The lowest BCUT2D eigenvalue weighted by Crippen LogP contribution is -2.45. The van der Waals surface area contributed by atoms with Crippen molar-refractivity contribution in [2.45, 2.75) is 6.04 Å². The Labute approximate surface area is 121 Å². The Morgan fingerprint density at radius 3 is 2.15 bits per heavy atom. The minimum absolute atomic E-state index is 0.651. The maximum Gasteiger partial charge on any atom is 0.504 e. The molecule has 4 nitrogen and oxygen atoms in total. The van der Waals surface area contributed by atoms with E-state index in [2.05, 4.69) is 22.8 Å². The van der Waals surface area contributed by atoms with E-state index < -0.39 is 8.80 Å². The molecule has 0 amide bonds. The molecule has 1 aromatic carbocycles. The van der Waals surface area contributed by atoms with Crippen molar-refractivity contribution in [1.82, 2.24) is 4.57 Å². The summed E-state index contributed by atoms with van der Waals surface area (Å²) in [5.74, 6) is 0. The number of rotatable bonds is 6. The summed E-state index contributed by atoms with van der Waals surface area (Å²) in [6.07, 6.45) is 2.04. The second-order valence-corrected chi connectivity index (χ2v) is 7.58. The molecule has 0 radical (unpaired) electrons. The van der Waals surface area contributed by atoms with E-state index in [1.807, 2.05) is 31.4 Å². The summed E-state index contributed by atoms with van der Waals surface area (Å²) in [5, 5.41) is 0. The highest BCUT2D eigenvalue weighted by molar-refractivity contribution is 6.60. The van der Waals surface area contributed by atoms with Crippen LogP contribution in [-0.4, -0.2) is 34.7 Å². The van der Waals surface area contributed by atoms with E-state index in [0.29, 0.717) is 6.04 Å². The van der Waals surface area contributed by atoms with Gasteiger partial charge in [-0.05, 0) is 17.7 Å². The van der Waals surface area contributed by atoms with Crippen LogP contribution < -0.4 is 0 Å². The van der Waals surface area contributed by atoms with Crippen LogP contribution in [0.15, 0.2) is 42.6 Å². The van der Waals surface area contributed by atoms with E-state index in [4.69, 9.17) is 13.3 Å². The fraction of sp³-hybridized carbons (Fsp3) is 0.333. The SMILES string of the molecule is CO[Si](Cc1ccccc1-c1cccn1C)(OC)OC. The van der Waals surface area contributed by atoms with Crippen LogP contribution in [0.4, 0.5) is 0 Å². The van der Waals surface area contributed by atoms with Gasteiger partial charge >= 0.3 is 8.80 Å². The number of benzene rings is 1. The Morgan fingerprint density at radius 1 is 0.950 bits per heavy atom. The van der Waals surface area contributed by atoms with Gasteiger partial charge in [-0.2, -0.15) is 0 Å². The van der Waals surface area contributed by atoms with Gasteiger partial charge in [-0.25, -0.2) is 0 Å². The quantitative estimate of drug-likeness (QED) is 0.767. The molecule has 0 N–H and O–H groups in total. The van der Waals surface area contributed by atoms with E-state index in [0.717, 1.165) is 0 Å². The fourth-order valence-electron chi connectivity index (χ4n) is 2.37. The molecular weight excluding hydrogens is 270 g/mol. The van der Waals surface area contributed by atoms with Gasteiger partial charge in [0.15, 0.2) is 0 Å². The minimum Gasteiger partial charge on any atom is -0.377 e. The maximum absolute atomic E-state index is 5.53. The van der Waals surface area contributed by atoms with Crippen molar-refractivity contribution in [3.05, 3.63) is 48.2 Å². The van der Waals surface area contributed by atoms with Crippen LogP contribution in [0, 0.1) is 0 Å². The third-order valence-corrected chi connectivity index (χ3v) is 6.26. The number of hydrogen-bond donors (Lipinski definition) is 0. The number of nitrogens with zero attached hydrogens (tertiary/aromatic N) is 1. The Hall–Kier alpha value is -1.40. The topological polar surface area (TPSA) is 32.6 Å². The lowest BCUT2D eigenvalue weighted by molar-refractivity contribution is 0.123. The van der Waals surface area contributed by atoms with Gasteiger partial charge in [-0.3, -0.25) is 0 Å². The van der Waals surface area contributed by atoms with Crippen LogP contribution in [0.3, 0.4) is 0 Å². The first-order chi connectivity index (χ1) is 9.65. The van der Waals surface area contributed by atoms with Gasteiger partial charge in [0.25, 0.3) is 0 Å². The molecule has 2 aromatic rings. The second kappa shape index (κ2) is 6.36. The van der Waals surface area contributed by atoms with Crippen LogP contribution in [0.1, 0.15) is 5.56 Å². The number of aromatic nitrogens is 1. The Balaban J connectivity index is 2.41. The standard InChI is InChI=1S/C15H21NO3Si/c1-16-11-7-10-15(16)14-9-6-5-8-13(14)12-20(17-2,18-3)19-4/h5-11H,12H2,1-4H3. The summed E-state index contributed by atoms with van der Waals surface area (Å²) in [6, 6.07) is 13.1. The number of aryl methyl sites for hydroxylation is 1. The number of hydrogen-bond acceptors (Lipinski definition) is 3. The molecule has 1 heterocycles. The van der Waals surface area contributed by atoms with Crippen LogP contribution in [0.5, 0.6) is 0 Å². The predicted octanol–water partition coefficient (Wildman–Crippen LogP) is 2.65. The second-order valence-electron chi connectivity index (χ2n) is 4.63. The normalized spacial score (nSPS) is 11.8. The molecule has 0 atom stereocenters. The van der Waals surface area contributed by atoms with Gasteiger partial charge in [-0.15, -0.1) is 0 Å². The zero-order valence-corrected chi connectivity index (χ0v) is 13.4. The Bertz CT molecular complexity index is 555. The van der Waals surface area contributed by atoms with Gasteiger partial charge in [0.1, 0.15) is 0 Å². The fourth-order valence-corrected chi connectivity index (χ4v) is 4.07. The molecule has 0 fully saturated rings. The van der Waals surface area contributed by atoms with E-state index in [1.165, 1.54) is 16.8 Å². The molecule has 0 aliphatic carbocycles. The predicted molar refractivity (Wildman–Crippen MR) is 81.3 cm³/mol. The van der Waals surface area contributed by atoms with Crippen molar-refractivity contribution in [1.29, 1.82) is 0 Å². The van der Waals surface area contributed by atoms with Gasteiger partial charge in [-0.1, -0.05) is 24.3 Å². The molecular formula is C15H21NO3Si. The monoisotopic (exact) mass is 291 g/mol. The summed E-state index contributed by atoms with van der Waals surface area (Å²) in [5.41, 5.74) is 3.53. The van der Waals surface area contributed by atoms with Crippen LogP contribution in [-0.2, 0) is 26.4 Å². The molecule has 2 rings (SSSR count). The molecule has 0 bridgehead atoms. The van der Waals surface area contributed by atoms with Gasteiger partial charge in [0, 0.05) is 51.9 Å². The van der Waals surface area contributed by atoms with Crippen molar-refractivity contribution in [2.24, 2.45) is 7.05 Å². The molecule has 0 saturated carbocycles. The molecule has 20 heavy (non-hydrogen) atoms. The highest BCUT2D eigenvalue weighted by atomic mass is 28.4. The summed E-state index contributed by atoms with van der Waals surface area (Å²) in [7, 11) is 4.34. The van der Waals surface area contributed by atoms with Gasteiger partial charge in [0.05, 0.1) is 0 Å². The van der Waals surface area contributed by atoms with E-state index in [-0.39, 0.29) is 0 Å². The molecule has 0 aliphatic rings. The van der Waals surface area contributed by atoms with E-state index in [1.54, 1.807) is 21.3 Å². The first-order valence-electron chi connectivity index (χ1n) is 6.51. The summed E-state index contributed by atoms with van der Waals surface area (Å²) < 4.78 is 18.7. The average molecular weight is 291 g/mol. The zero-order valence-electron chi connectivity index (χ0n) is 12.4. The molecule has 0 saturated heterocycles. The van der Waals surface area contributed by atoms with E-state index >= 15 is 0 Å². The third kappa shape index (κ3) is 2.86. The Kier molecular flexibility index (Phi) is 4.77. The zero-order chi connectivity index (χ0) is 14.6. The lowest BCUT2D eigenvalue weighted by Gasteiger charge is -2.25. The summed E-state index contributed by atoms with van der Waals surface area (Å²) in [6.45, 7) is 0. The maximum atomic E-state index is 5.53. The van der Waals surface area contributed by atoms with Crippen molar-refractivity contribution < 1.29 is 13.3 Å². The smallest absolute Gasteiger partial charge is 0.377 e. The first kappa shape index (κ1) is 15.0. The Morgan fingerprint density at radius 2 is 1.60 bits per heavy atom. The van der Waals surface area contributed by atoms with Crippen LogP contribution in [0.25, 0.3) is 11.3 Å². The molecule has 0 unspecified atom stereocenters. The van der Waals surface area contributed by atoms with Gasteiger partial charge < -0.3 is 17.8 Å². The van der Waals surface area contributed by atoms with Crippen LogP contribution >= 0.6 is 0 Å². The molecule has 1 aromatic heterocycles. The largest absolute Gasteiger partial charge is 0.504 e. The molecule has 5 heteroatoms. The van der Waals surface area contributed by atoms with Gasteiger partial charge in [0.2, 0.25) is 0 Å². The summed E-state index contributed by atoms with van der Waals surface area (Å²) >= 11 is 0. The highest BCUT2D eigenvalue weighted by Gasteiger charge is 2.38. The highest BCUT2D eigenvalue weighted by Crippen LogP contribution is 2.27. The average Bonchev–Trinajstić information content (AvgIpc) is 2.91. The summed E-state index contributed by atoms with van der Waals surface area (Å²) in [4.78, 5) is 0. The third-order valence-electron chi connectivity index (χ3n) is 3.58. The molecule has 0 aliphatic heterocycles. The van der Waals surface area contributed by atoms with Crippen molar-refractivity contribution in [3.63, 3.8) is 0 Å². The van der Waals surface area contributed by atoms with Crippen molar-refractivity contribution >= 4 is 8.80 Å². The molecule has 0 spiro atoms. The first-order valence-corrected chi connectivity index (χ1v) is 8.44. The van der Waals surface area contributed by atoms with Crippen molar-refractivity contribution in [2.75, 3.05) is 21.3 Å². The van der Waals surface area contributed by atoms with E-state index in [9.17, 15) is 0 Å².